The van der Waals surface area contributed by atoms with Crippen molar-refractivity contribution in [1.82, 2.24) is 14.5 Å². The minimum atomic E-state index is -0.392. The molecule has 0 aliphatic rings. The zero-order chi connectivity index (χ0) is 23.1. The number of carbonyl (C=O) groups is 1. The normalized spacial score (nSPS) is 11.3. The molecule has 3 heterocycles. The summed E-state index contributed by atoms with van der Waals surface area (Å²) in [4.78, 5) is 21.7. The average Bonchev–Trinajstić information content (AvgIpc) is 3.39. The van der Waals surface area contributed by atoms with E-state index < -0.39 is 5.78 Å². The number of nitrogens with zero attached hydrogens (tertiary/aromatic N) is 3. The number of carbonyl (C=O) groups excluding carboxylic acids is 1. The fourth-order valence-electron chi connectivity index (χ4n) is 3.76. The standard InChI is InChI=1S/C25H16Cl3N3O2/c1-14-2-5-20-18(10-14)22(24(28)31(20)13-16-3-4-17(26)11-19(16)27)23(32)25-30-12-21(33-25)15-6-8-29-9-7-15/h2-12H,13H2,1H3. The lowest BCUT2D eigenvalue weighted by atomic mass is 10.1. The van der Waals surface area contributed by atoms with Crippen molar-refractivity contribution in [2.24, 2.45) is 0 Å². The molecule has 3 aromatic heterocycles. The fourth-order valence-corrected chi connectivity index (χ4v) is 4.57. The molecular formula is C25H16Cl3N3O2. The summed E-state index contributed by atoms with van der Waals surface area (Å²) in [6.45, 7) is 2.33. The molecule has 0 amide bonds. The van der Waals surface area contributed by atoms with E-state index in [-0.39, 0.29) is 11.0 Å². The van der Waals surface area contributed by atoms with Crippen LogP contribution in [-0.4, -0.2) is 20.3 Å². The van der Waals surface area contributed by atoms with E-state index in [1.54, 1.807) is 36.7 Å². The highest BCUT2D eigenvalue weighted by Crippen LogP contribution is 2.35. The van der Waals surface area contributed by atoms with Gasteiger partial charge in [-0.2, -0.15) is 0 Å². The fraction of sp³-hybridized carbons (Fsp3) is 0.0800. The van der Waals surface area contributed by atoms with E-state index in [0.29, 0.717) is 27.9 Å². The van der Waals surface area contributed by atoms with Crippen LogP contribution in [0.25, 0.3) is 22.2 Å². The van der Waals surface area contributed by atoms with Crippen molar-refractivity contribution in [3.8, 4) is 11.3 Å². The molecule has 0 fully saturated rings. The molecule has 164 valence electrons. The molecular weight excluding hydrogens is 481 g/mol. The molecule has 8 heteroatoms. The first-order valence-corrected chi connectivity index (χ1v) is 11.2. The number of fused-ring (bicyclic) bond motifs is 1. The van der Waals surface area contributed by atoms with Crippen molar-refractivity contribution in [3.63, 3.8) is 0 Å². The monoisotopic (exact) mass is 495 g/mol. The van der Waals surface area contributed by atoms with Gasteiger partial charge in [-0.05, 0) is 48.9 Å². The summed E-state index contributed by atoms with van der Waals surface area (Å²) < 4.78 is 7.64. The molecule has 5 aromatic rings. The number of aromatic nitrogens is 3. The Kier molecular flexibility index (Phi) is 5.71. The van der Waals surface area contributed by atoms with E-state index in [4.69, 9.17) is 39.2 Å². The first kappa shape index (κ1) is 21.7. The third-order valence-corrected chi connectivity index (χ3v) is 6.37. The number of benzene rings is 2. The van der Waals surface area contributed by atoms with Gasteiger partial charge in [-0.15, -0.1) is 0 Å². The Balaban J connectivity index is 1.61. The van der Waals surface area contributed by atoms with E-state index in [1.165, 1.54) is 6.20 Å². The minimum Gasteiger partial charge on any atom is -0.433 e. The van der Waals surface area contributed by atoms with Crippen molar-refractivity contribution < 1.29 is 9.21 Å². The summed E-state index contributed by atoms with van der Waals surface area (Å²) in [5.74, 6) is 0.0513. The van der Waals surface area contributed by atoms with Crippen molar-refractivity contribution in [2.45, 2.75) is 13.5 Å². The number of hydrogen-bond acceptors (Lipinski definition) is 4. The molecule has 2 aromatic carbocycles. The molecule has 0 bridgehead atoms. The van der Waals surface area contributed by atoms with Gasteiger partial charge in [-0.25, -0.2) is 4.98 Å². The van der Waals surface area contributed by atoms with Crippen LogP contribution in [0.4, 0.5) is 0 Å². The Morgan fingerprint density at radius 3 is 2.58 bits per heavy atom. The quantitative estimate of drug-likeness (QED) is 0.241. The van der Waals surface area contributed by atoms with Gasteiger partial charge in [-0.1, -0.05) is 52.5 Å². The molecule has 33 heavy (non-hydrogen) atoms. The average molecular weight is 497 g/mol. The van der Waals surface area contributed by atoms with E-state index in [9.17, 15) is 4.79 Å². The zero-order valence-corrected chi connectivity index (χ0v) is 19.6. The third-order valence-electron chi connectivity index (χ3n) is 5.39. The zero-order valence-electron chi connectivity index (χ0n) is 17.3. The predicted molar refractivity (Wildman–Crippen MR) is 130 cm³/mol. The number of oxazole rings is 1. The first-order chi connectivity index (χ1) is 15.9. The molecule has 0 saturated heterocycles. The lowest BCUT2D eigenvalue weighted by Gasteiger charge is -2.10. The summed E-state index contributed by atoms with van der Waals surface area (Å²) in [7, 11) is 0. The van der Waals surface area contributed by atoms with E-state index in [1.807, 2.05) is 35.8 Å². The molecule has 5 rings (SSSR count). The van der Waals surface area contributed by atoms with Crippen LogP contribution < -0.4 is 0 Å². The van der Waals surface area contributed by atoms with Crippen molar-refractivity contribution >= 4 is 51.5 Å². The van der Waals surface area contributed by atoms with E-state index in [2.05, 4.69) is 9.97 Å². The summed E-state index contributed by atoms with van der Waals surface area (Å²) in [5, 5.41) is 2.08. The van der Waals surface area contributed by atoms with Crippen molar-refractivity contribution in [1.29, 1.82) is 0 Å². The second kappa shape index (κ2) is 8.67. The van der Waals surface area contributed by atoms with Gasteiger partial charge in [0.1, 0.15) is 5.15 Å². The lowest BCUT2D eigenvalue weighted by Crippen LogP contribution is -2.04. The summed E-state index contributed by atoms with van der Waals surface area (Å²) in [6.07, 6.45) is 4.82. The maximum atomic E-state index is 13.5. The number of rotatable bonds is 5. The lowest BCUT2D eigenvalue weighted by molar-refractivity contribution is 0.100. The summed E-state index contributed by atoms with van der Waals surface area (Å²) >= 11 is 19.2. The molecule has 0 unspecified atom stereocenters. The van der Waals surface area contributed by atoms with Gasteiger partial charge >= 0.3 is 0 Å². The molecule has 0 N–H and O–H groups in total. The Morgan fingerprint density at radius 2 is 1.82 bits per heavy atom. The summed E-state index contributed by atoms with van der Waals surface area (Å²) in [5.41, 5.74) is 3.75. The van der Waals surface area contributed by atoms with Gasteiger partial charge in [0.05, 0.1) is 23.8 Å². The molecule has 0 radical (unpaired) electrons. The SMILES string of the molecule is Cc1ccc2c(c1)c(C(=O)c1ncc(-c3ccncc3)o1)c(Cl)n2Cc1ccc(Cl)cc1Cl. The van der Waals surface area contributed by atoms with Crippen LogP contribution in [0.3, 0.4) is 0 Å². The Morgan fingerprint density at radius 1 is 1.03 bits per heavy atom. The van der Waals surface area contributed by atoms with E-state index >= 15 is 0 Å². The van der Waals surface area contributed by atoms with Gasteiger partial charge in [0.25, 0.3) is 11.7 Å². The van der Waals surface area contributed by atoms with Crippen LogP contribution in [0.1, 0.15) is 27.4 Å². The molecule has 0 aliphatic heterocycles. The maximum Gasteiger partial charge on any atom is 0.268 e. The van der Waals surface area contributed by atoms with Crippen LogP contribution >= 0.6 is 34.8 Å². The minimum absolute atomic E-state index is 0.0335. The van der Waals surface area contributed by atoms with Gasteiger partial charge in [0.15, 0.2) is 5.76 Å². The van der Waals surface area contributed by atoms with Gasteiger partial charge < -0.3 is 8.98 Å². The highest BCUT2D eigenvalue weighted by molar-refractivity contribution is 6.37. The van der Waals surface area contributed by atoms with Crippen molar-refractivity contribution in [3.05, 3.63) is 105 Å². The smallest absolute Gasteiger partial charge is 0.268 e. The van der Waals surface area contributed by atoms with Gasteiger partial charge in [0, 0.05) is 33.4 Å². The van der Waals surface area contributed by atoms with Crippen LogP contribution in [0.2, 0.25) is 15.2 Å². The Hall–Kier alpha value is -3.12. The molecule has 5 nitrogen and oxygen atoms in total. The Bertz CT molecular complexity index is 1510. The van der Waals surface area contributed by atoms with Crippen LogP contribution in [0.5, 0.6) is 0 Å². The number of hydrogen-bond donors (Lipinski definition) is 0. The molecule has 0 aliphatic carbocycles. The highest BCUT2D eigenvalue weighted by atomic mass is 35.5. The molecule has 0 atom stereocenters. The van der Waals surface area contributed by atoms with E-state index in [0.717, 1.165) is 27.6 Å². The topological polar surface area (TPSA) is 60.9 Å². The first-order valence-electron chi connectivity index (χ1n) is 10.1. The number of aryl methyl sites for hydroxylation is 1. The van der Waals surface area contributed by atoms with Crippen molar-refractivity contribution in [2.75, 3.05) is 0 Å². The number of halogens is 3. The number of ketones is 1. The highest BCUT2D eigenvalue weighted by Gasteiger charge is 2.26. The van der Waals surface area contributed by atoms with Crippen LogP contribution in [0, 0.1) is 6.92 Å². The van der Waals surface area contributed by atoms with Crippen LogP contribution in [0.15, 0.2) is 71.5 Å². The Labute approximate surface area is 204 Å². The maximum absolute atomic E-state index is 13.5. The predicted octanol–water partition coefficient (Wildman–Crippen LogP) is 7.24. The molecule has 0 spiro atoms. The van der Waals surface area contributed by atoms with Crippen LogP contribution in [-0.2, 0) is 6.54 Å². The third kappa shape index (κ3) is 4.04. The second-order valence-electron chi connectivity index (χ2n) is 7.60. The second-order valence-corrected chi connectivity index (χ2v) is 8.80. The molecule has 0 saturated carbocycles. The number of pyridine rings is 1. The van der Waals surface area contributed by atoms with Gasteiger partial charge in [0.2, 0.25) is 0 Å². The largest absolute Gasteiger partial charge is 0.433 e. The van der Waals surface area contributed by atoms with Gasteiger partial charge in [-0.3, -0.25) is 9.78 Å². The summed E-state index contributed by atoms with van der Waals surface area (Å²) in [6, 6.07) is 14.7.